The molecule has 0 bridgehead atoms. The van der Waals surface area contributed by atoms with Gasteiger partial charge in [-0.1, -0.05) is 37.3 Å². The maximum atomic E-state index is 13.0. The van der Waals surface area contributed by atoms with Gasteiger partial charge in [0.2, 0.25) is 0 Å². The molecule has 4 N–H and O–H groups in total. The second kappa shape index (κ2) is 10.5. The molecule has 36 heavy (non-hydrogen) atoms. The van der Waals surface area contributed by atoms with Crippen molar-refractivity contribution in [1.82, 2.24) is 15.5 Å². The molecule has 186 valence electrons. The number of hydrogen-bond acceptors (Lipinski definition) is 5. The van der Waals surface area contributed by atoms with Crippen LogP contribution in [0.15, 0.2) is 60.7 Å². The van der Waals surface area contributed by atoms with E-state index in [1.165, 1.54) is 11.3 Å². The van der Waals surface area contributed by atoms with Crippen LogP contribution in [0.4, 0.5) is 11.5 Å². The lowest BCUT2D eigenvalue weighted by Crippen LogP contribution is -3.12. The molecule has 2 aromatic heterocycles. The Hall–Kier alpha value is -3.69. The zero-order chi connectivity index (χ0) is 25.1. The van der Waals surface area contributed by atoms with E-state index in [-0.39, 0.29) is 17.9 Å². The molecular formula is C27H31N6O2S+. The SMILES string of the molecule is CC[C@@H](NC(=O)c1cc2[nH]nc(NC(=O)c3ccc(N4CC[NH+](C)CC4)cc3)c2s1)c1ccccc1. The molecule has 0 unspecified atom stereocenters. The first-order chi connectivity index (χ1) is 17.5. The van der Waals surface area contributed by atoms with Crippen molar-refractivity contribution in [2.45, 2.75) is 19.4 Å². The molecule has 8 nitrogen and oxygen atoms in total. The van der Waals surface area contributed by atoms with E-state index in [2.05, 4.69) is 32.8 Å². The number of aromatic nitrogens is 2. The molecule has 5 rings (SSSR count). The highest BCUT2D eigenvalue weighted by atomic mass is 32.1. The Kier molecular flexibility index (Phi) is 7.02. The number of H-pyrrole nitrogens is 1. The van der Waals surface area contributed by atoms with Gasteiger partial charge in [0.15, 0.2) is 5.82 Å². The van der Waals surface area contributed by atoms with Crippen LogP contribution in [0.1, 0.15) is 45.0 Å². The van der Waals surface area contributed by atoms with Gasteiger partial charge in [0.25, 0.3) is 11.8 Å². The minimum Gasteiger partial charge on any atom is -0.360 e. The summed E-state index contributed by atoms with van der Waals surface area (Å²) >= 11 is 1.32. The number of aromatic amines is 1. The summed E-state index contributed by atoms with van der Waals surface area (Å²) < 4.78 is 0.748. The Bertz CT molecular complexity index is 1340. The number of likely N-dealkylation sites (N-methyl/N-ethyl adjacent to an activating group) is 1. The van der Waals surface area contributed by atoms with E-state index in [1.807, 2.05) is 61.5 Å². The molecule has 3 heterocycles. The number of nitrogens with zero attached hydrogens (tertiary/aromatic N) is 2. The second-order valence-corrected chi connectivity index (χ2v) is 10.3. The van der Waals surface area contributed by atoms with Gasteiger partial charge in [-0.3, -0.25) is 14.7 Å². The number of hydrogen-bond donors (Lipinski definition) is 4. The van der Waals surface area contributed by atoms with Gasteiger partial charge in [-0.25, -0.2) is 0 Å². The third kappa shape index (κ3) is 5.12. The molecule has 1 aliphatic heterocycles. The molecule has 2 amide bonds. The lowest BCUT2D eigenvalue weighted by Gasteiger charge is -2.31. The van der Waals surface area contributed by atoms with E-state index in [0.29, 0.717) is 16.3 Å². The Balaban J connectivity index is 1.26. The van der Waals surface area contributed by atoms with E-state index in [4.69, 9.17) is 0 Å². The molecule has 1 aliphatic rings. The van der Waals surface area contributed by atoms with Gasteiger partial charge in [0.05, 0.1) is 54.4 Å². The summed E-state index contributed by atoms with van der Waals surface area (Å²) in [6.45, 7) is 6.31. The zero-order valence-electron chi connectivity index (χ0n) is 20.5. The number of amides is 2. The number of rotatable bonds is 7. The number of benzene rings is 2. The van der Waals surface area contributed by atoms with Crippen molar-refractivity contribution in [3.05, 3.63) is 76.7 Å². The van der Waals surface area contributed by atoms with Crippen molar-refractivity contribution in [2.75, 3.05) is 43.4 Å². The third-order valence-corrected chi connectivity index (χ3v) is 7.86. The smallest absolute Gasteiger partial charge is 0.261 e. The van der Waals surface area contributed by atoms with Crippen LogP contribution in [-0.4, -0.2) is 55.2 Å². The number of anilines is 2. The molecule has 1 saturated heterocycles. The van der Waals surface area contributed by atoms with Crippen molar-refractivity contribution in [3.8, 4) is 0 Å². The summed E-state index contributed by atoms with van der Waals surface area (Å²) in [7, 11) is 2.21. The lowest BCUT2D eigenvalue weighted by molar-refractivity contribution is -0.880. The van der Waals surface area contributed by atoms with Crippen molar-refractivity contribution in [1.29, 1.82) is 0 Å². The van der Waals surface area contributed by atoms with E-state index >= 15 is 0 Å². The summed E-state index contributed by atoms with van der Waals surface area (Å²) in [4.78, 5) is 30.3. The molecule has 0 aliphatic carbocycles. The van der Waals surface area contributed by atoms with Crippen LogP contribution in [0.2, 0.25) is 0 Å². The Morgan fingerprint density at radius 1 is 1.08 bits per heavy atom. The van der Waals surface area contributed by atoms with Gasteiger partial charge in [-0.2, -0.15) is 5.10 Å². The average molecular weight is 504 g/mol. The zero-order valence-corrected chi connectivity index (χ0v) is 21.3. The van der Waals surface area contributed by atoms with E-state index in [0.717, 1.165) is 54.1 Å². The molecule has 0 radical (unpaired) electrons. The number of carbonyl (C=O) groups is 2. The van der Waals surface area contributed by atoms with Crippen molar-refractivity contribution in [3.63, 3.8) is 0 Å². The van der Waals surface area contributed by atoms with Crippen LogP contribution >= 0.6 is 11.3 Å². The fraction of sp³-hybridized carbons (Fsp3) is 0.296. The fourth-order valence-corrected chi connectivity index (χ4v) is 5.46. The maximum Gasteiger partial charge on any atom is 0.261 e. The van der Waals surface area contributed by atoms with Gasteiger partial charge in [-0.15, -0.1) is 11.3 Å². The normalized spacial score (nSPS) is 15.1. The van der Waals surface area contributed by atoms with Gasteiger partial charge in [0, 0.05) is 11.3 Å². The largest absolute Gasteiger partial charge is 0.360 e. The maximum absolute atomic E-state index is 13.0. The first-order valence-electron chi connectivity index (χ1n) is 12.3. The topological polar surface area (TPSA) is 94.6 Å². The number of carbonyl (C=O) groups excluding carboxylic acids is 2. The highest BCUT2D eigenvalue weighted by molar-refractivity contribution is 7.21. The summed E-state index contributed by atoms with van der Waals surface area (Å²) in [5, 5.41) is 13.2. The van der Waals surface area contributed by atoms with E-state index < -0.39 is 0 Å². The van der Waals surface area contributed by atoms with E-state index in [1.54, 1.807) is 11.0 Å². The van der Waals surface area contributed by atoms with Crippen LogP contribution in [0.3, 0.4) is 0 Å². The molecular weight excluding hydrogens is 472 g/mol. The van der Waals surface area contributed by atoms with Gasteiger partial charge < -0.3 is 20.4 Å². The molecule has 2 aromatic carbocycles. The predicted octanol–water partition coefficient (Wildman–Crippen LogP) is 3.09. The summed E-state index contributed by atoms with van der Waals surface area (Å²) in [6, 6.07) is 19.4. The summed E-state index contributed by atoms with van der Waals surface area (Å²) in [5.74, 6) is 0.0613. The summed E-state index contributed by atoms with van der Waals surface area (Å²) in [6.07, 6.45) is 0.788. The number of thiophene rings is 1. The van der Waals surface area contributed by atoms with Crippen molar-refractivity contribution < 1.29 is 14.5 Å². The van der Waals surface area contributed by atoms with Crippen LogP contribution < -0.4 is 20.4 Å². The Morgan fingerprint density at radius 2 is 1.81 bits per heavy atom. The lowest BCUT2D eigenvalue weighted by atomic mass is 10.0. The standard InChI is InChI=1S/C27H30N6O2S/c1-3-21(18-7-5-4-6-8-18)28-27(35)23-17-22-24(36-23)25(31-30-22)29-26(34)19-9-11-20(12-10-19)33-15-13-32(2)14-16-33/h4-12,17,21H,3,13-16H2,1-2H3,(H,28,35)(H2,29,30,31,34)/p+1/t21-/m1/s1. The average Bonchev–Trinajstić information content (AvgIpc) is 3.50. The minimum absolute atomic E-state index is 0.0634. The van der Waals surface area contributed by atoms with Gasteiger partial charge >= 0.3 is 0 Å². The van der Waals surface area contributed by atoms with Crippen LogP contribution in [0, 0.1) is 0 Å². The molecule has 0 saturated carbocycles. The predicted molar refractivity (Wildman–Crippen MR) is 144 cm³/mol. The highest BCUT2D eigenvalue weighted by Gasteiger charge is 2.20. The molecule has 9 heteroatoms. The monoisotopic (exact) mass is 503 g/mol. The van der Waals surface area contributed by atoms with E-state index in [9.17, 15) is 9.59 Å². The minimum atomic E-state index is -0.229. The number of nitrogens with one attached hydrogen (secondary N) is 4. The number of quaternary nitrogens is 1. The molecule has 4 aromatic rings. The summed E-state index contributed by atoms with van der Waals surface area (Å²) in [5.41, 5.74) is 3.50. The van der Waals surface area contributed by atoms with Crippen LogP contribution in [-0.2, 0) is 0 Å². The first-order valence-corrected chi connectivity index (χ1v) is 13.1. The van der Waals surface area contributed by atoms with Crippen molar-refractivity contribution in [2.24, 2.45) is 0 Å². The molecule has 0 spiro atoms. The van der Waals surface area contributed by atoms with Crippen LogP contribution in [0.25, 0.3) is 10.2 Å². The highest BCUT2D eigenvalue weighted by Crippen LogP contribution is 2.31. The Labute approximate surface area is 214 Å². The third-order valence-electron chi connectivity index (χ3n) is 6.72. The van der Waals surface area contributed by atoms with Gasteiger partial charge in [-0.05, 0) is 42.3 Å². The fourth-order valence-electron chi connectivity index (χ4n) is 4.50. The number of fused-ring (bicyclic) bond motifs is 1. The molecule has 1 atom stereocenters. The quantitative estimate of drug-likeness (QED) is 0.312. The molecule has 1 fully saturated rings. The van der Waals surface area contributed by atoms with Crippen molar-refractivity contribution >= 4 is 44.9 Å². The Morgan fingerprint density at radius 3 is 2.50 bits per heavy atom. The second-order valence-electron chi connectivity index (χ2n) is 9.22. The first kappa shape index (κ1) is 24.0. The van der Waals surface area contributed by atoms with Gasteiger partial charge in [0.1, 0.15) is 0 Å². The van der Waals surface area contributed by atoms with Crippen LogP contribution in [0.5, 0.6) is 0 Å². The number of piperazine rings is 1.